The van der Waals surface area contributed by atoms with Crippen molar-refractivity contribution in [3.63, 3.8) is 0 Å². The number of hydrogen-bond donors (Lipinski definition) is 1. The summed E-state index contributed by atoms with van der Waals surface area (Å²) in [5.41, 5.74) is 2.05. The Morgan fingerprint density at radius 2 is 2.33 bits per heavy atom. The molecule has 2 aromatic heterocycles. The summed E-state index contributed by atoms with van der Waals surface area (Å²) in [4.78, 5) is 0. The van der Waals surface area contributed by atoms with Gasteiger partial charge in [0.05, 0.1) is 19.3 Å². The van der Waals surface area contributed by atoms with Gasteiger partial charge in [-0.1, -0.05) is 6.92 Å². The molecule has 1 N–H and O–H groups in total. The molecule has 0 saturated carbocycles. The van der Waals surface area contributed by atoms with Gasteiger partial charge in [0.15, 0.2) is 0 Å². The highest BCUT2D eigenvalue weighted by Gasteiger charge is 2.06. The molecule has 0 saturated heterocycles. The predicted octanol–water partition coefficient (Wildman–Crippen LogP) is 1.32. The molecule has 0 bridgehead atoms. The SMILES string of the molecule is CCc1cc2n(CC(=N)OC)ccn2n1. The Hall–Kier alpha value is -1.78. The monoisotopic (exact) mass is 206 g/mol. The third kappa shape index (κ3) is 1.72. The highest BCUT2D eigenvalue weighted by Crippen LogP contribution is 2.08. The van der Waals surface area contributed by atoms with Crippen LogP contribution in [-0.2, 0) is 17.7 Å². The molecule has 15 heavy (non-hydrogen) atoms. The van der Waals surface area contributed by atoms with Crippen LogP contribution in [0.2, 0.25) is 0 Å². The summed E-state index contributed by atoms with van der Waals surface area (Å²) in [5, 5.41) is 11.8. The van der Waals surface area contributed by atoms with Crippen LogP contribution in [0.3, 0.4) is 0 Å². The van der Waals surface area contributed by atoms with E-state index in [0.717, 1.165) is 17.8 Å². The summed E-state index contributed by atoms with van der Waals surface area (Å²) in [6, 6.07) is 2.03. The minimum atomic E-state index is 0.243. The highest BCUT2D eigenvalue weighted by molar-refractivity contribution is 5.73. The molecular formula is C10H14N4O. The Morgan fingerprint density at radius 1 is 1.53 bits per heavy atom. The van der Waals surface area contributed by atoms with Crippen LogP contribution < -0.4 is 0 Å². The second-order valence-corrected chi connectivity index (χ2v) is 3.35. The first-order chi connectivity index (χ1) is 7.24. The molecule has 0 aliphatic rings. The second kappa shape index (κ2) is 3.76. The van der Waals surface area contributed by atoms with E-state index in [1.807, 2.05) is 27.5 Å². The van der Waals surface area contributed by atoms with Gasteiger partial charge in [0.1, 0.15) is 5.65 Å². The lowest BCUT2D eigenvalue weighted by molar-refractivity contribution is 0.382. The number of hydrogen-bond acceptors (Lipinski definition) is 3. The molecule has 5 heteroatoms. The van der Waals surface area contributed by atoms with Crippen LogP contribution in [0.5, 0.6) is 0 Å². The molecule has 2 aromatic rings. The number of imidazole rings is 1. The van der Waals surface area contributed by atoms with Gasteiger partial charge in [-0.05, 0) is 6.42 Å². The smallest absolute Gasteiger partial charge is 0.200 e. The number of nitrogens with one attached hydrogen (secondary N) is 1. The van der Waals surface area contributed by atoms with E-state index in [2.05, 4.69) is 12.0 Å². The van der Waals surface area contributed by atoms with Crippen molar-refractivity contribution >= 4 is 11.5 Å². The number of aryl methyl sites for hydroxylation is 1. The third-order valence-corrected chi connectivity index (χ3v) is 2.37. The first-order valence-electron chi connectivity index (χ1n) is 4.89. The zero-order chi connectivity index (χ0) is 10.8. The highest BCUT2D eigenvalue weighted by atomic mass is 16.5. The van der Waals surface area contributed by atoms with Crippen molar-refractivity contribution < 1.29 is 4.74 Å². The third-order valence-electron chi connectivity index (χ3n) is 2.37. The van der Waals surface area contributed by atoms with Gasteiger partial charge in [0, 0.05) is 18.5 Å². The number of fused-ring (bicyclic) bond motifs is 1. The van der Waals surface area contributed by atoms with E-state index in [1.54, 1.807) is 0 Å². The molecule has 5 nitrogen and oxygen atoms in total. The molecule has 0 radical (unpaired) electrons. The molecule has 0 fully saturated rings. The quantitative estimate of drug-likeness (QED) is 0.608. The van der Waals surface area contributed by atoms with Crippen molar-refractivity contribution in [2.45, 2.75) is 19.9 Å². The Kier molecular flexibility index (Phi) is 2.45. The van der Waals surface area contributed by atoms with Crippen LogP contribution in [0.25, 0.3) is 5.65 Å². The largest absolute Gasteiger partial charge is 0.483 e. The van der Waals surface area contributed by atoms with Gasteiger partial charge in [0.2, 0.25) is 5.90 Å². The van der Waals surface area contributed by atoms with Crippen molar-refractivity contribution in [1.82, 2.24) is 14.2 Å². The zero-order valence-corrected chi connectivity index (χ0v) is 8.90. The fourth-order valence-electron chi connectivity index (χ4n) is 1.50. The zero-order valence-electron chi connectivity index (χ0n) is 8.90. The standard InChI is InChI=1S/C10H14N4O/c1-3-8-6-10-13(7-9(11)15-2)4-5-14(10)12-8/h4-6,11H,3,7H2,1-2H3. The minimum absolute atomic E-state index is 0.243. The van der Waals surface area contributed by atoms with Crippen LogP contribution in [0.4, 0.5) is 0 Å². The maximum atomic E-state index is 7.47. The molecule has 0 aliphatic heterocycles. The Morgan fingerprint density at radius 3 is 3.00 bits per heavy atom. The lowest BCUT2D eigenvalue weighted by Crippen LogP contribution is -2.09. The predicted molar refractivity (Wildman–Crippen MR) is 57.3 cm³/mol. The molecule has 0 aromatic carbocycles. The lowest BCUT2D eigenvalue weighted by atomic mass is 10.3. The van der Waals surface area contributed by atoms with Crippen molar-refractivity contribution in [2.24, 2.45) is 0 Å². The van der Waals surface area contributed by atoms with E-state index in [-0.39, 0.29) is 5.90 Å². The molecule has 0 spiro atoms. The van der Waals surface area contributed by atoms with E-state index in [4.69, 9.17) is 10.1 Å². The number of rotatable bonds is 3. The van der Waals surface area contributed by atoms with Gasteiger partial charge in [-0.15, -0.1) is 0 Å². The summed E-state index contributed by atoms with van der Waals surface area (Å²) in [7, 11) is 1.51. The maximum Gasteiger partial charge on any atom is 0.200 e. The molecule has 0 unspecified atom stereocenters. The van der Waals surface area contributed by atoms with E-state index in [1.165, 1.54) is 7.11 Å². The topological polar surface area (TPSA) is 55.3 Å². The normalized spacial score (nSPS) is 10.8. The molecular weight excluding hydrogens is 192 g/mol. The van der Waals surface area contributed by atoms with Gasteiger partial charge in [0.25, 0.3) is 0 Å². The van der Waals surface area contributed by atoms with E-state index in [9.17, 15) is 0 Å². The molecule has 0 aliphatic carbocycles. The molecule has 80 valence electrons. The molecule has 0 amide bonds. The van der Waals surface area contributed by atoms with Gasteiger partial charge < -0.3 is 9.30 Å². The summed E-state index contributed by atoms with van der Waals surface area (Å²) in [6.07, 6.45) is 4.70. The van der Waals surface area contributed by atoms with Crippen LogP contribution in [-0.4, -0.2) is 27.2 Å². The van der Waals surface area contributed by atoms with Crippen molar-refractivity contribution in [1.29, 1.82) is 5.41 Å². The van der Waals surface area contributed by atoms with Crippen LogP contribution in [0.1, 0.15) is 12.6 Å². The van der Waals surface area contributed by atoms with Crippen LogP contribution in [0.15, 0.2) is 18.5 Å². The second-order valence-electron chi connectivity index (χ2n) is 3.35. The first-order valence-corrected chi connectivity index (χ1v) is 4.89. The number of methoxy groups -OCH3 is 1. The first kappa shape index (κ1) is 9.76. The minimum Gasteiger partial charge on any atom is -0.483 e. The fraction of sp³-hybridized carbons (Fsp3) is 0.400. The van der Waals surface area contributed by atoms with Crippen molar-refractivity contribution in [3.05, 3.63) is 24.2 Å². The van der Waals surface area contributed by atoms with Crippen molar-refractivity contribution in [3.8, 4) is 0 Å². The average Bonchev–Trinajstić information content (AvgIpc) is 2.79. The summed E-state index contributed by atoms with van der Waals surface area (Å²) in [6.45, 7) is 2.52. The fourth-order valence-corrected chi connectivity index (χ4v) is 1.50. The van der Waals surface area contributed by atoms with Crippen LogP contribution in [0, 0.1) is 5.41 Å². The van der Waals surface area contributed by atoms with Crippen molar-refractivity contribution in [2.75, 3.05) is 7.11 Å². The lowest BCUT2D eigenvalue weighted by Gasteiger charge is -2.03. The number of nitrogens with zero attached hydrogens (tertiary/aromatic N) is 3. The van der Waals surface area contributed by atoms with E-state index in [0.29, 0.717) is 6.54 Å². The summed E-state index contributed by atoms with van der Waals surface area (Å²) >= 11 is 0. The number of ether oxygens (including phenoxy) is 1. The molecule has 2 rings (SSSR count). The van der Waals surface area contributed by atoms with Gasteiger partial charge in [-0.2, -0.15) is 5.10 Å². The van der Waals surface area contributed by atoms with E-state index < -0.39 is 0 Å². The average molecular weight is 206 g/mol. The Balaban J connectivity index is 2.34. The molecule has 0 atom stereocenters. The summed E-state index contributed by atoms with van der Waals surface area (Å²) < 4.78 is 8.60. The maximum absolute atomic E-state index is 7.47. The van der Waals surface area contributed by atoms with Crippen LogP contribution >= 0.6 is 0 Å². The summed E-state index contributed by atoms with van der Waals surface area (Å²) in [5.74, 6) is 0.243. The Labute approximate surface area is 87.8 Å². The Bertz CT molecular complexity index is 483. The van der Waals surface area contributed by atoms with Gasteiger partial charge in [-0.25, -0.2) is 4.52 Å². The molecule has 2 heterocycles. The van der Waals surface area contributed by atoms with E-state index >= 15 is 0 Å². The van der Waals surface area contributed by atoms with Gasteiger partial charge >= 0.3 is 0 Å². The van der Waals surface area contributed by atoms with Gasteiger partial charge in [-0.3, -0.25) is 5.41 Å². The number of aromatic nitrogens is 3.